The van der Waals surface area contributed by atoms with Gasteiger partial charge in [-0.3, -0.25) is 4.99 Å². The van der Waals surface area contributed by atoms with E-state index in [2.05, 4.69) is 23.6 Å². The fourth-order valence-electron chi connectivity index (χ4n) is 5.33. The van der Waals surface area contributed by atoms with Gasteiger partial charge in [0.05, 0.1) is 28.3 Å². The van der Waals surface area contributed by atoms with Crippen LogP contribution in [0.15, 0.2) is 89.5 Å². The monoisotopic (exact) mass is 532 g/mol. The van der Waals surface area contributed by atoms with Crippen LogP contribution >= 0.6 is 0 Å². The molecule has 0 spiro atoms. The van der Waals surface area contributed by atoms with E-state index in [4.69, 9.17) is 10.3 Å². The summed E-state index contributed by atoms with van der Waals surface area (Å²) in [6.07, 6.45) is 6.72. The van der Waals surface area contributed by atoms with Crippen molar-refractivity contribution in [3.05, 3.63) is 101 Å². The van der Waals surface area contributed by atoms with Crippen molar-refractivity contribution in [2.75, 3.05) is 5.32 Å². The molecule has 0 bridgehead atoms. The Morgan fingerprint density at radius 1 is 1.15 bits per heavy atom. The first kappa shape index (κ1) is 27.9. The average molecular weight is 533 g/mol. The average Bonchev–Trinajstić information content (AvgIpc) is 2.89. The number of nitriles is 1. The summed E-state index contributed by atoms with van der Waals surface area (Å²) in [5.74, 6) is 0.136. The number of carbonyl (C=O) groups is 1. The van der Waals surface area contributed by atoms with Gasteiger partial charge in [0.2, 0.25) is 0 Å². The lowest BCUT2D eigenvalue weighted by molar-refractivity contribution is -0.137. The molecule has 5 nitrogen and oxygen atoms in total. The second-order valence-electron chi connectivity index (χ2n) is 10.4. The van der Waals surface area contributed by atoms with E-state index in [1.165, 1.54) is 6.07 Å². The SMILES string of the molecule is CC1=NC(C)(C(CC2=CC=CCC2C)(NC(=O)Nc2ccc(C#N)cc2)c2cccc(C(F)(F)F)c2)CC=C1. The predicted octanol–water partition coefficient (Wildman–Crippen LogP) is 7.69. The molecule has 0 fully saturated rings. The molecule has 3 unspecified atom stereocenters. The van der Waals surface area contributed by atoms with Crippen LogP contribution < -0.4 is 10.6 Å². The molecule has 0 saturated heterocycles. The van der Waals surface area contributed by atoms with Gasteiger partial charge in [0.1, 0.15) is 0 Å². The Kier molecular flexibility index (Phi) is 7.82. The zero-order chi connectivity index (χ0) is 28.3. The lowest BCUT2D eigenvalue weighted by Crippen LogP contribution is -2.61. The number of benzene rings is 2. The number of allylic oxidation sites excluding steroid dienone is 4. The molecule has 4 rings (SSSR count). The molecule has 0 radical (unpaired) electrons. The summed E-state index contributed by atoms with van der Waals surface area (Å²) in [6, 6.07) is 13.0. The molecule has 8 heteroatoms. The van der Waals surface area contributed by atoms with Crippen molar-refractivity contribution in [3.63, 3.8) is 0 Å². The molecule has 1 aliphatic carbocycles. The van der Waals surface area contributed by atoms with Crippen molar-refractivity contribution in [1.82, 2.24) is 5.32 Å². The third-order valence-corrected chi connectivity index (χ3v) is 7.54. The van der Waals surface area contributed by atoms with E-state index >= 15 is 0 Å². The van der Waals surface area contributed by atoms with Crippen LogP contribution in [-0.4, -0.2) is 17.3 Å². The van der Waals surface area contributed by atoms with E-state index in [-0.39, 0.29) is 12.3 Å². The quantitative estimate of drug-likeness (QED) is 0.400. The van der Waals surface area contributed by atoms with Gasteiger partial charge in [0.25, 0.3) is 0 Å². The number of anilines is 1. The van der Waals surface area contributed by atoms with Crippen molar-refractivity contribution >= 4 is 17.4 Å². The lowest BCUT2D eigenvalue weighted by Gasteiger charge is -2.49. The maximum Gasteiger partial charge on any atom is 0.416 e. The number of carbonyl (C=O) groups excluding carboxylic acids is 1. The number of hydrogen-bond acceptors (Lipinski definition) is 3. The van der Waals surface area contributed by atoms with Gasteiger partial charge in [-0.2, -0.15) is 18.4 Å². The predicted molar refractivity (Wildman–Crippen MR) is 147 cm³/mol. The molecule has 0 saturated carbocycles. The minimum absolute atomic E-state index is 0.136. The summed E-state index contributed by atoms with van der Waals surface area (Å²) in [4.78, 5) is 18.6. The Bertz CT molecular complexity index is 1400. The highest BCUT2D eigenvalue weighted by molar-refractivity contribution is 5.94. The third kappa shape index (κ3) is 5.98. The number of rotatable bonds is 6. The Balaban J connectivity index is 1.88. The molecule has 202 valence electrons. The van der Waals surface area contributed by atoms with E-state index in [1.807, 2.05) is 44.2 Å². The van der Waals surface area contributed by atoms with Gasteiger partial charge >= 0.3 is 12.2 Å². The fraction of sp³-hybridized carbons (Fsp3) is 0.323. The number of nitrogens with one attached hydrogen (secondary N) is 2. The van der Waals surface area contributed by atoms with Crippen LogP contribution in [0.2, 0.25) is 0 Å². The van der Waals surface area contributed by atoms with Crippen molar-refractivity contribution in [3.8, 4) is 6.07 Å². The molecule has 1 heterocycles. The second-order valence-corrected chi connectivity index (χ2v) is 10.4. The lowest BCUT2D eigenvalue weighted by atomic mass is 9.65. The van der Waals surface area contributed by atoms with Crippen LogP contribution in [0.4, 0.5) is 23.7 Å². The van der Waals surface area contributed by atoms with Gasteiger partial charge in [-0.25, -0.2) is 4.79 Å². The summed E-state index contributed by atoms with van der Waals surface area (Å²) in [5.41, 5.74) is -0.175. The van der Waals surface area contributed by atoms with Crippen LogP contribution in [0.25, 0.3) is 0 Å². The number of amides is 2. The van der Waals surface area contributed by atoms with Crippen LogP contribution in [-0.2, 0) is 11.7 Å². The molecule has 2 N–H and O–H groups in total. The molecule has 2 aliphatic rings. The molecule has 0 aromatic heterocycles. The maximum absolute atomic E-state index is 13.9. The largest absolute Gasteiger partial charge is 0.416 e. The van der Waals surface area contributed by atoms with Gasteiger partial charge in [-0.1, -0.05) is 48.9 Å². The Morgan fingerprint density at radius 3 is 2.51 bits per heavy atom. The molecular weight excluding hydrogens is 501 g/mol. The van der Waals surface area contributed by atoms with E-state index < -0.39 is 28.8 Å². The highest BCUT2D eigenvalue weighted by atomic mass is 19.4. The fourth-order valence-corrected chi connectivity index (χ4v) is 5.33. The van der Waals surface area contributed by atoms with Gasteiger partial charge in [-0.05, 0) is 87.1 Å². The number of urea groups is 1. The Labute approximate surface area is 226 Å². The third-order valence-electron chi connectivity index (χ3n) is 7.54. The summed E-state index contributed by atoms with van der Waals surface area (Å²) in [6.45, 7) is 5.79. The number of nitrogens with zero attached hydrogens (tertiary/aromatic N) is 2. The first-order chi connectivity index (χ1) is 18.5. The summed E-state index contributed by atoms with van der Waals surface area (Å²) < 4.78 is 41.7. The van der Waals surface area contributed by atoms with E-state index in [9.17, 15) is 18.0 Å². The first-order valence-electron chi connectivity index (χ1n) is 12.8. The van der Waals surface area contributed by atoms with Gasteiger partial charge in [-0.15, -0.1) is 0 Å². The maximum atomic E-state index is 13.9. The highest BCUT2D eigenvalue weighted by Crippen LogP contribution is 2.47. The van der Waals surface area contributed by atoms with Gasteiger partial charge in [0, 0.05) is 11.4 Å². The highest BCUT2D eigenvalue weighted by Gasteiger charge is 2.52. The first-order valence-corrected chi connectivity index (χ1v) is 12.8. The zero-order valence-corrected chi connectivity index (χ0v) is 22.1. The molecule has 39 heavy (non-hydrogen) atoms. The van der Waals surface area contributed by atoms with Crippen LogP contribution in [0.1, 0.15) is 56.7 Å². The zero-order valence-electron chi connectivity index (χ0n) is 22.1. The standard InChI is InChI=1S/C31H31F3N4O/c1-21-8-4-5-10-24(21)19-30(29(3)17-7-9-22(2)37-29,25-11-6-12-26(18-25)31(32,33)34)38-28(39)36-27-15-13-23(20-35)14-16-27/h4-7,9-16,18,21H,8,17,19H2,1-3H3,(H2,36,38,39). The molecule has 2 amide bonds. The summed E-state index contributed by atoms with van der Waals surface area (Å²) >= 11 is 0. The topological polar surface area (TPSA) is 77.3 Å². The minimum Gasteiger partial charge on any atom is -0.326 e. The van der Waals surface area contributed by atoms with Crippen LogP contribution in [0.5, 0.6) is 0 Å². The molecule has 2 aromatic carbocycles. The number of dihydropyridines is 1. The Morgan fingerprint density at radius 2 is 1.87 bits per heavy atom. The number of alkyl halides is 3. The second kappa shape index (κ2) is 10.9. The molecular formula is C31H31F3N4O. The van der Waals surface area contributed by atoms with Crippen molar-refractivity contribution < 1.29 is 18.0 Å². The molecule has 3 atom stereocenters. The number of halogens is 3. The molecule has 1 aliphatic heterocycles. The van der Waals surface area contributed by atoms with E-state index in [0.29, 0.717) is 23.2 Å². The minimum atomic E-state index is -4.56. The van der Waals surface area contributed by atoms with E-state index in [0.717, 1.165) is 29.8 Å². The Hall–Kier alpha value is -4.12. The molecule has 2 aromatic rings. The summed E-state index contributed by atoms with van der Waals surface area (Å²) in [7, 11) is 0. The van der Waals surface area contributed by atoms with Crippen molar-refractivity contribution in [2.24, 2.45) is 10.9 Å². The number of aliphatic imine (C=N–C) groups is 1. The number of hydrogen-bond donors (Lipinski definition) is 2. The summed E-state index contributed by atoms with van der Waals surface area (Å²) in [5, 5.41) is 15.0. The van der Waals surface area contributed by atoms with Crippen LogP contribution in [0, 0.1) is 17.2 Å². The van der Waals surface area contributed by atoms with Gasteiger partial charge in [0.15, 0.2) is 0 Å². The van der Waals surface area contributed by atoms with Crippen molar-refractivity contribution in [1.29, 1.82) is 5.26 Å². The normalized spacial score (nSPS) is 22.2. The van der Waals surface area contributed by atoms with Gasteiger partial charge < -0.3 is 10.6 Å². The smallest absolute Gasteiger partial charge is 0.326 e. The van der Waals surface area contributed by atoms with Crippen LogP contribution in [0.3, 0.4) is 0 Å². The van der Waals surface area contributed by atoms with E-state index in [1.54, 1.807) is 30.3 Å². The van der Waals surface area contributed by atoms with Crippen molar-refractivity contribution in [2.45, 2.75) is 57.3 Å².